The molecule has 116 valence electrons. The molecule has 0 atom stereocenters. The molecule has 3 nitrogen and oxygen atoms in total. The summed E-state index contributed by atoms with van der Waals surface area (Å²) in [6.07, 6.45) is 9.37. The average molecular weight is 289 g/mol. The highest BCUT2D eigenvalue weighted by molar-refractivity contribution is 5.67. The Morgan fingerprint density at radius 2 is 1.81 bits per heavy atom. The van der Waals surface area contributed by atoms with E-state index in [1.807, 2.05) is 18.2 Å². The summed E-state index contributed by atoms with van der Waals surface area (Å²) in [5, 5.41) is 2.92. The van der Waals surface area contributed by atoms with Gasteiger partial charge >= 0.3 is 6.09 Å². The van der Waals surface area contributed by atoms with Gasteiger partial charge in [0.05, 0.1) is 6.61 Å². The third kappa shape index (κ3) is 6.65. The molecule has 1 aliphatic carbocycles. The Balaban J connectivity index is 1.53. The third-order valence-corrected chi connectivity index (χ3v) is 4.20. The largest absolute Gasteiger partial charge is 0.450 e. The average Bonchev–Trinajstić information content (AvgIpc) is 2.79. The number of rotatable bonds is 6. The summed E-state index contributed by atoms with van der Waals surface area (Å²) in [5.41, 5.74) is 1.29. The molecule has 0 radical (unpaired) electrons. The fourth-order valence-corrected chi connectivity index (χ4v) is 2.93. The van der Waals surface area contributed by atoms with Crippen molar-refractivity contribution in [3.63, 3.8) is 0 Å². The van der Waals surface area contributed by atoms with E-state index in [1.54, 1.807) is 0 Å². The van der Waals surface area contributed by atoms with Crippen LogP contribution in [0.4, 0.5) is 4.79 Å². The first-order valence-corrected chi connectivity index (χ1v) is 8.29. The second-order valence-electron chi connectivity index (χ2n) is 5.96. The standard InChI is InChI=1S/C18H27NO2/c20-18(19-15-17-11-4-1-2-5-12-17)21-14-8-13-16-9-6-3-7-10-16/h3,6-7,9-10,17H,1-2,4-5,8,11-15H2,(H,19,20). The van der Waals surface area contributed by atoms with Crippen molar-refractivity contribution in [1.82, 2.24) is 5.32 Å². The number of alkyl carbamates (subject to hydrolysis) is 1. The second kappa shape index (κ2) is 9.43. The predicted molar refractivity (Wildman–Crippen MR) is 85.3 cm³/mol. The van der Waals surface area contributed by atoms with Gasteiger partial charge in [-0.15, -0.1) is 0 Å². The van der Waals surface area contributed by atoms with Crippen molar-refractivity contribution in [2.75, 3.05) is 13.2 Å². The van der Waals surface area contributed by atoms with Gasteiger partial charge in [-0.05, 0) is 37.2 Å². The number of carbonyl (C=O) groups is 1. The van der Waals surface area contributed by atoms with Gasteiger partial charge in [0.2, 0.25) is 0 Å². The molecule has 0 aromatic heterocycles. The van der Waals surface area contributed by atoms with Gasteiger partial charge in [-0.1, -0.05) is 56.0 Å². The molecule has 0 unspecified atom stereocenters. The topological polar surface area (TPSA) is 38.3 Å². The predicted octanol–water partition coefficient (Wildman–Crippen LogP) is 4.32. The number of hydrogen-bond donors (Lipinski definition) is 1. The molecule has 2 rings (SSSR count). The van der Waals surface area contributed by atoms with Crippen LogP contribution in [0.15, 0.2) is 30.3 Å². The molecule has 0 aliphatic heterocycles. The molecule has 1 amide bonds. The van der Waals surface area contributed by atoms with Crippen LogP contribution in [0.25, 0.3) is 0 Å². The van der Waals surface area contributed by atoms with Crippen molar-refractivity contribution in [3.8, 4) is 0 Å². The molecular weight excluding hydrogens is 262 g/mol. The number of hydrogen-bond acceptors (Lipinski definition) is 2. The van der Waals surface area contributed by atoms with Gasteiger partial charge in [0.25, 0.3) is 0 Å². The highest BCUT2D eigenvalue weighted by atomic mass is 16.5. The summed E-state index contributed by atoms with van der Waals surface area (Å²) in [4.78, 5) is 11.6. The fraction of sp³-hybridized carbons (Fsp3) is 0.611. The first-order valence-electron chi connectivity index (χ1n) is 8.29. The molecule has 0 spiro atoms. The van der Waals surface area contributed by atoms with E-state index in [4.69, 9.17) is 4.74 Å². The summed E-state index contributed by atoms with van der Waals surface area (Å²) < 4.78 is 5.24. The fourth-order valence-electron chi connectivity index (χ4n) is 2.93. The van der Waals surface area contributed by atoms with E-state index in [2.05, 4.69) is 17.4 Å². The van der Waals surface area contributed by atoms with Crippen LogP contribution in [-0.2, 0) is 11.2 Å². The first-order chi connectivity index (χ1) is 10.3. The lowest BCUT2D eigenvalue weighted by atomic mass is 10.0. The van der Waals surface area contributed by atoms with Gasteiger partial charge in [0.1, 0.15) is 0 Å². The zero-order chi connectivity index (χ0) is 14.8. The molecular formula is C18H27NO2. The zero-order valence-electron chi connectivity index (χ0n) is 12.9. The van der Waals surface area contributed by atoms with Gasteiger partial charge in [-0.2, -0.15) is 0 Å². The summed E-state index contributed by atoms with van der Waals surface area (Å²) in [7, 11) is 0. The minimum absolute atomic E-state index is 0.257. The van der Waals surface area contributed by atoms with Crippen molar-refractivity contribution >= 4 is 6.09 Å². The van der Waals surface area contributed by atoms with E-state index in [0.717, 1.165) is 19.4 Å². The Labute approximate surface area is 128 Å². The van der Waals surface area contributed by atoms with Gasteiger partial charge in [-0.3, -0.25) is 0 Å². The molecule has 1 N–H and O–H groups in total. The smallest absolute Gasteiger partial charge is 0.407 e. The maximum absolute atomic E-state index is 11.6. The van der Waals surface area contributed by atoms with E-state index in [0.29, 0.717) is 12.5 Å². The van der Waals surface area contributed by atoms with Crippen molar-refractivity contribution in [3.05, 3.63) is 35.9 Å². The molecule has 3 heteroatoms. The maximum atomic E-state index is 11.6. The monoisotopic (exact) mass is 289 g/mol. The van der Waals surface area contributed by atoms with E-state index < -0.39 is 0 Å². The third-order valence-electron chi connectivity index (χ3n) is 4.20. The number of aryl methyl sites for hydroxylation is 1. The quantitative estimate of drug-likeness (QED) is 0.626. The lowest BCUT2D eigenvalue weighted by molar-refractivity contribution is 0.143. The molecule has 21 heavy (non-hydrogen) atoms. The number of carbonyl (C=O) groups excluding carboxylic acids is 1. The Kier molecular flexibility index (Phi) is 7.13. The lowest BCUT2D eigenvalue weighted by Crippen LogP contribution is -2.30. The normalized spacial score (nSPS) is 16.2. The SMILES string of the molecule is O=C(NCC1CCCCCC1)OCCCc1ccccc1. The number of benzene rings is 1. The minimum Gasteiger partial charge on any atom is -0.450 e. The van der Waals surface area contributed by atoms with Crippen molar-refractivity contribution in [2.24, 2.45) is 5.92 Å². The van der Waals surface area contributed by atoms with Crippen LogP contribution >= 0.6 is 0 Å². The molecule has 1 aliphatic rings. The van der Waals surface area contributed by atoms with Gasteiger partial charge in [0, 0.05) is 6.54 Å². The second-order valence-corrected chi connectivity index (χ2v) is 5.96. The Hall–Kier alpha value is -1.51. The number of amides is 1. The Morgan fingerprint density at radius 3 is 2.52 bits per heavy atom. The highest BCUT2D eigenvalue weighted by Gasteiger charge is 2.13. The Bertz CT molecular complexity index is 397. The summed E-state index contributed by atoms with van der Waals surface area (Å²) >= 11 is 0. The van der Waals surface area contributed by atoms with Crippen LogP contribution in [0.2, 0.25) is 0 Å². The highest BCUT2D eigenvalue weighted by Crippen LogP contribution is 2.22. The summed E-state index contributed by atoms with van der Waals surface area (Å²) in [6, 6.07) is 10.3. The molecule has 0 heterocycles. The summed E-state index contributed by atoms with van der Waals surface area (Å²) in [6.45, 7) is 1.27. The van der Waals surface area contributed by atoms with E-state index in [1.165, 1.54) is 44.1 Å². The number of nitrogens with one attached hydrogen (secondary N) is 1. The van der Waals surface area contributed by atoms with Crippen molar-refractivity contribution in [2.45, 2.75) is 51.4 Å². The molecule has 1 fully saturated rings. The van der Waals surface area contributed by atoms with Crippen LogP contribution in [0.3, 0.4) is 0 Å². The lowest BCUT2D eigenvalue weighted by Gasteiger charge is -2.14. The molecule has 1 aromatic carbocycles. The van der Waals surface area contributed by atoms with Gasteiger partial charge in [0.15, 0.2) is 0 Å². The van der Waals surface area contributed by atoms with Gasteiger partial charge < -0.3 is 10.1 Å². The van der Waals surface area contributed by atoms with Crippen LogP contribution in [0.1, 0.15) is 50.5 Å². The minimum atomic E-state index is -0.257. The summed E-state index contributed by atoms with van der Waals surface area (Å²) in [5.74, 6) is 0.643. The zero-order valence-corrected chi connectivity index (χ0v) is 12.9. The maximum Gasteiger partial charge on any atom is 0.407 e. The van der Waals surface area contributed by atoms with E-state index in [-0.39, 0.29) is 6.09 Å². The van der Waals surface area contributed by atoms with Crippen LogP contribution in [0.5, 0.6) is 0 Å². The Morgan fingerprint density at radius 1 is 1.10 bits per heavy atom. The molecule has 0 bridgehead atoms. The van der Waals surface area contributed by atoms with Crippen LogP contribution < -0.4 is 5.32 Å². The van der Waals surface area contributed by atoms with E-state index in [9.17, 15) is 4.79 Å². The first kappa shape index (κ1) is 15.9. The van der Waals surface area contributed by atoms with Crippen LogP contribution in [-0.4, -0.2) is 19.2 Å². The number of ether oxygens (including phenoxy) is 1. The molecule has 1 aromatic rings. The molecule has 1 saturated carbocycles. The van der Waals surface area contributed by atoms with Crippen LogP contribution in [0, 0.1) is 5.92 Å². The van der Waals surface area contributed by atoms with Gasteiger partial charge in [-0.25, -0.2) is 4.79 Å². The van der Waals surface area contributed by atoms with Crippen molar-refractivity contribution < 1.29 is 9.53 Å². The molecule has 0 saturated heterocycles. The van der Waals surface area contributed by atoms with Crippen molar-refractivity contribution in [1.29, 1.82) is 0 Å². The van der Waals surface area contributed by atoms with E-state index >= 15 is 0 Å².